The van der Waals surface area contributed by atoms with Crippen LogP contribution in [0.2, 0.25) is 0 Å². The van der Waals surface area contributed by atoms with Crippen LogP contribution < -0.4 is 9.47 Å². The highest BCUT2D eigenvalue weighted by Crippen LogP contribution is 2.19. The topological polar surface area (TPSA) is 136 Å². The summed E-state index contributed by atoms with van der Waals surface area (Å²) in [5, 5.41) is 20.4. The number of carbonyl (C=O) groups excluding carboxylic acids is 2. The van der Waals surface area contributed by atoms with Crippen molar-refractivity contribution < 1.29 is 19.1 Å². The summed E-state index contributed by atoms with van der Waals surface area (Å²) in [6, 6.07) is 9.81. The Morgan fingerprint density at radius 2 is 1.23 bits per heavy atom. The zero-order chi connectivity index (χ0) is 17.9. The second-order valence-electron chi connectivity index (χ2n) is 5.43. The van der Waals surface area contributed by atoms with Crippen LogP contribution in [0.5, 0.6) is 11.5 Å². The average molecular weight is 352 g/mol. The molecule has 10 heteroatoms. The van der Waals surface area contributed by atoms with Crippen molar-refractivity contribution in [2.75, 3.05) is 0 Å². The van der Waals surface area contributed by atoms with Gasteiger partial charge in [0.25, 0.3) is 0 Å². The molecular weight excluding hydrogens is 340 g/mol. The minimum absolute atomic E-state index is 0.109. The predicted molar refractivity (Wildman–Crippen MR) is 88.3 cm³/mol. The number of carbonyl (C=O) groups is 2. The highest BCUT2D eigenvalue weighted by molar-refractivity contribution is 5.82. The fourth-order valence-corrected chi connectivity index (χ4v) is 2.34. The van der Waals surface area contributed by atoms with Crippen molar-refractivity contribution in [1.82, 2.24) is 30.8 Å². The van der Waals surface area contributed by atoms with E-state index in [2.05, 4.69) is 30.8 Å². The van der Waals surface area contributed by atoms with Crippen LogP contribution in [0.25, 0.3) is 22.1 Å². The first-order chi connectivity index (χ1) is 12.7. The molecule has 10 nitrogen and oxygen atoms in total. The maximum Gasteiger partial charge on any atom is 0.311 e. The van der Waals surface area contributed by atoms with Gasteiger partial charge in [0.05, 0.1) is 23.9 Å². The van der Waals surface area contributed by atoms with Gasteiger partial charge in [-0.1, -0.05) is 10.4 Å². The van der Waals surface area contributed by atoms with Gasteiger partial charge in [-0.3, -0.25) is 19.8 Å². The van der Waals surface area contributed by atoms with Crippen LogP contribution in [0, 0.1) is 0 Å². The lowest BCUT2D eigenvalue weighted by molar-refractivity contribution is -0.140. The van der Waals surface area contributed by atoms with E-state index in [1.165, 1.54) is 0 Å². The second-order valence-corrected chi connectivity index (χ2v) is 5.43. The number of benzene rings is 2. The zero-order valence-corrected chi connectivity index (χ0v) is 13.3. The van der Waals surface area contributed by atoms with Crippen LogP contribution in [-0.2, 0) is 9.59 Å². The quantitative estimate of drug-likeness (QED) is 0.407. The third kappa shape index (κ3) is 3.34. The number of rotatable bonds is 5. The molecule has 4 aromatic rings. The summed E-state index contributed by atoms with van der Waals surface area (Å²) in [6.45, 7) is 0. The predicted octanol–water partition coefficient (Wildman–Crippen LogP) is 1.52. The summed E-state index contributed by atoms with van der Waals surface area (Å²) in [7, 11) is 0. The lowest BCUT2D eigenvalue weighted by Crippen LogP contribution is -2.14. The van der Waals surface area contributed by atoms with Gasteiger partial charge in [-0.05, 0) is 24.3 Å². The van der Waals surface area contributed by atoms with Gasteiger partial charge in [0.15, 0.2) is 0 Å². The van der Waals surface area contributed by atoms with Crippen molar-refractivity contribution in [3.05, 3.63) is 36.4 Å². The number of nitrogens with zero attached hydrogens (tertiary/aromatic N) is 4. The van der Waals surface area contributed by atoms with E-state index in [1.54, 1.807) is 36.4 Å². The first kappa shape index (κ1) is 15.7. The highest BCUT2D eigenvalue weighted by atomic mass is 16.5. The summed E-state index contributed by atoms with van der Waals surface area (Å²) in [5.41, 5.74) is 2.63. The van der Waals surface area contributed by atoms with Crippen molar-refractivity contribution in [3.8, 4) is 11.5 Å². The largest absolute Gasteiger partial charge is 0.426 e. The molecule has 26 heavy (non-hydrogen) atoms. The number of ether oxygens (including phenoxy) is 2. The molecule has 2 aromatic heterocycles. The van der Waals surface area contributed by atoms with E-state index < -0.39 is 11.9 Å². The number of aromatic nitrogens is 6. The Bertz CT molecular complexity index is 1010. The van der Waals surface area contributed by atoms with Crippen molar-refractivity contribution >= 4 is 34.0 Å². The fourth-order valence-electron chi connectivity index (χ4n) is 2.34. The first-order valence-corrected chi connectivity index (χ1v) is 7.70. The van der Waals surface area contributed by atoms with Crippen LogP contribution in [0.3, 0.4) is 0 Å². The Morgan fingerprint density at radius 1 is 0.769 bits per heavy atom. The van der Waals surface area contributed by atoms with Gasteiger partial charge in [0.2, 0.25) is 0 Å². The molecule has 0 amide bonds. The molecule has 0 radical (unpaired) electrons. The summed E-state index contributed by atoms with van der Waals surface area (Å²) < 4.78 is 10.4. The number of H-pyrrole nitrogens is 2. The average Bonchev–Trinajstić information content (AvgIpc) is 3.28. The maximum absolute atomic E-state index is 11.9. The molecule has 0 saturated carbocycles. The van der Waals surface area contributed by atoms with E-state index in [0.717, 1.165) is 11.0 Å². The molecule has 0 bridgehead atoms. The summed E-state index contributed by atoms with van der Waals surface area (Å²) in [5.74, 6) is -0.420. The molecule has 2 heterocycles. The highest BCUT2D eigenvalue weighted by Gasteiger charge is 2.12. The zero-order valence-electron chi connectivity index (χ0n) is 13.3. The Balaban J connectivity index is 1.31. The Hall–Kier alpha value is -3.82. The standard InChI is InChI=1S/C16H12N6O4/c23-15(25-9-1-3-11-13(7-9)19-21-17-11)5-6-16(24)26-10-2-4-12-14(8-10)20-22-18-12/h1-4,7-8H,5-6H2,(H,17,19,21)(H,18,20,22). The van der Waals surface area contributed by atoms with Crippen LogP contribution in [0.15, 0.2) is 36.4 Å². The summed E-state index contributed by atoms with van der Waals surface area (Å²) in [6.07, 6.45) is -0.218. The lowest BCUT2D eigenvalue weighted by atomic mass is 10.3. The molecule has 2 aromatic carbocycles. The number of hydrogen-bond donors (Lipinski definition) is 2. The van der Waals surface area contributed by atoms with Crippen LogP contribution in [-0.4, -0.2) is 42.8 Å². The number of hydrogen-bond acceptors (Lipinski definition) is 8. The second kappa shape index (κ2) is 6.59. The summed E-state index contributed by atoms with van der Waals surface area (Å²) in [4.78, 5) is 23.8. The van der Waals surface area contributed by atoms with Gasteiger partial charge in [0, 0.05) is 12.1 Å². The van der Waals surface area contributed by atoms with Crippen molar-refractivity contribution in [3.63, 3.8) is 0 Å². The van der Waals surface area contributed by atoms with E-state index in [1.807, 2.05) is 0 Å². The monoisotopic (exact) mass is 352 g/mol. The van der Waals surface area contributed by atoms with Crippen molar-refractivity contribution in [2.24, 2.45) is 0 Å². The van der Waals surface area contributed by atoms with E-state index in [4.69, 9.17) is 9.47 Å². The maximum atomic E-state index is 11.9. The normalized spacial score (nSPS) is 10.9. The first-order valence-electron chi connectivity index (χ1n) is 7.70. The molecule has 0 spiro atoms. The summed E-state index contributed by atoms with van der Waals surface area (Å²) >= 11 is 0. The molecule has 0 unspecified atom stereocenters. The Kier molecular flexibility index (Phi) is 3.98. The van der Waals surface area contributed by atoms with E-state index >= 15 is 0 Å². The van der Waals surface area contributed by atoms with E-state index in [9.17, 15) is 9.59 Å². The number of fused-ring (bicyclic) bond motifs is 2. The van der Waals surface area contributed by atoms with E-state index in [0.29, 0.717) is 22.5 Å². The van der Waals surface area contributed by atoms with Crippen LogP contribution >= 0.6 is 0 Å². The van der Waals surface area contributed by atoms with Gasteiger partial charge in [-0.25, -0.2) is 0 Å². The van der Waals surface area contributed by atoms with Gasteiger partial charge < -0.3 is 9.47 Å². The van der Waals surface area contributed by atoms with Gasteiger partial charge in [0.1, 0.15) is 22.5 Å². The molecular formula is C16H12N6O4. The van der Waals surface area contributed by atoms with Gasteiger partial charge >= 0.3 is 11.9 Å². The smallest absolute Gasteiger partial charge is 0.311 e. The third-order valence-electron chi connectivity index (χ3n) is 3.59. The number of nitrogens with one attached hydrogen (secondary N) is 2. The minimum atomic E-state index is -0.545. The molecule has 0 aliphatic carbocycles. The van der Waals surface area contributed by atoms with Crippen molar-refractivity contribution in [2.45, 2.75) is 12.8 Å². The van der Waals surface area contributed by atoms with Crippen LogP contribution in [0.1, 0.15) is 12.8 Å². The molecule has 130 valence electrons. The minimum Gasteiger partial charge on any atom is -0.426 e. The van der Waals surface area contributed by atoms with Crippen LogP contribution in [0.4, 0.5) is 0 Å². The Labute approximate surface area is 145 Å². The SMILES string of the molecule is O=C(CCC(=O)Oc1ccc2[nH]nnc2c1)Oc1ccc2[nH]nnc2c1. The lowest BCUT2D eigenvalue weighted by Gasteiger charge is -2.05. The third-order valence-corrected chi connectivity index (χ3v) is 3.59. The molecule has 2 N–H and O–H groups in total. The molecule has 0 atom stereocenters. The number of aromatic amines is 2. The molecule has 4 rings (SSSR count). The van der Waals surface area contributed by atoms with Crippen molar-refractivity contribution in [1.29, 1.82) is 0 Å². The van der Waals surface area contributed by atoms with E-state index in [-0.39, 0.29) is 12.8 Å². The molecule has 0 fully saturated rings. The molecule has 0 aliphatic rings. The number of esters is 2. The van der Waals surface area contributed by atoms with Gasteiger partial charge in [-0.2, -0.15) is 0 Å². The molecule has 0 saturated heterocycles. The fraction of sp³-hybridized carbons (Fsp3) is 0.125. The molecule has 0 aliphatic heterocycles. The van der Waals surface area contributed by atoms with Gasteiger partial charge in [-0.15, -0.1) is 10.2 Å². The Morgan fingerprint density at radius 3 is 1.69 bits per heavy atom.